The van der Waals surface area contributed by atoms with Crippen molar-refractivity contribution >= 4 is 34.6 Å². The highest BCUT2D eigenvalue weighted by atomic mass is 19.1. The lowest BCUT2D eigenvalue weighted by Gasteiger charge is -2.29. The molecule has 5 atom stereocenters. The zero-order valence-electron chi connectivity index (χ0n) is 25.7. The van der Waals surface area contributed by atoms with Gasteiger partial charge in [-0.1, -0.05) is 30.2 Å². The molecular weight excluding hydrogens is 597 g/mol. The number of carbonyl (C=O) groups is 4. The van der Waals surface area contributed by atoms with Gasteiger partial charge in [0.05, 0.1) is 29.0 Å². The van der Waals surface area contributed by atoms with Gasteiger partial charge in [0.15, 0.2) is 11.5 Å². The van der Waals surface area contributed by atoms with E-state index in [1.165, 1.54) is 29.2 Å². The van der Waals surface area contributed by atoms with Crippen LogP contribution >= 0.6 is 0 Å². The Kier molecular flexibility index (Phi) is 8.58. The van der Waals surface area contributed by atoms with Crippen LogP contribution in [0.2, 0.25) is 0 Å². The monoisotopic (exact) mass is 633 g/mol. The molecule has 12 nitrogen and oxygen atoms in total. The van der Waals surface area contributed by atoms with E-state index in [0.717, 1.165) is 19.3 Å². The molecule has 242 valence electrons. The van der Waals surface area contributed by atoms with E-state index >= 15 is 0 Å². The van der Waals surface area contributed by atoms with Gasteiger partial charge in [0.1, 0.15) is 29.4 Å². The topological polar surface area (TPSA) is 165 Å². The van der Waals surface area contributed by atoms with Gasteiger partial charge in [0, 0.05) is 25.0 Å². The van der Waals surface area contributed by atoms with Crippen molar-refractivity contribution in [2.75, 3.05) is 6.54 Å². The minimum atomic E-state index is -1.22. The highest BCUT2D eigenvalue weighted by Crippen LogP contribution is 2.57. The summed E-state index contributed by atoms with van der Waals surface area (Å²) in [7, 11) is 0. The Morgan fingerprint density at radius 3 is 2.72 bits per heavy atom. The summed E-state index contributed by atoms with van der Waals surface area (Å²) < 4.78 is 25.2. The molecule has 1 saturated carbocycles. The average molecular weight is 634 g/mol. The molecule has 2 amide bonds. The SMILES string of the molecule is Cc1cc(C(=O)N[C@H]2CCCCC/C=C\[C@@H]3C[C@@]3(C(=O)O)CC(=O)[C@@H]3C[C@@H](Oc4nc5cc(F)ccc5nc4C)CN3C2=O)no1. The quantitative estimate of drug-likeness (QED) is 0.391. The molecule has 2 aromatic heterocycles. The van der Waals surface area contributed by atoms with Gasteiger partial charge in [-0.2, -0.15) is 0 Å². The maximum atomic E-state index is 14.2. The van der Waals surface area contributed by atoms with Crippen LogP contribution < -0.4 is 10.1 Å². The predicted molar refractivity (Wildman–Crippen MR) is 161 cm³/mol. The fraction of sp³-hybridized carbons (Fsp3) is 0.485. The summed E-state index contributed by atoms with van der Waals surface area (Å²) in [6.45, 7) is 3.35. The van der Waals surface area contributed by atoms with E-state index < -0.39 is 47.2 Å². The number of aromatic nitrogens is 3. The van der Waals surface area contributed by atoms with Gasteiger partial charge in [-0.3, -0.25) is 19.2 Å². The number of nitrogens with zero attached hydrogens (tertiary/aromatic N) is 4. The molecule has 0 bridgehead atoms. The van der Waals surface area contributed by atoms with Gasteiger partial charge < -0.3 is 24.6 Å². The molecule has 0 spiro atoms. The lowest BCUT2D eigenvalue weighted by Crippen LogP contribution is -2.52. The minimum absolute atomic E-state index is 0.00358. The normalized spacial score (nSPS) is 27.7. The van der Waals surface area contributed by atoms with Crippen LogP contribution in [0.15, 0.2) is 40.9 Å². The van der Waals surface area contributed by atoms with Crippen molar-refractivity contribution in [3.05, 3.63) is 59.4 Å². The standard InChI is InChI=1S/C33H36FN5O7/c1-18-12-26(38-46-18)29(41)36-24-9-7-5-3-4-6-8-20-15-33(20,32(43)44)16-28(40)27-14-22(17-39(27)31(24)42)45-30-19(2)35-23-11-10-21(34)13-25(23)37-30/h6,8,10-13,20,22,24,27H,3-5,7,9,14-17H2,1-2H3,(H,36,41)(H,43,44)/b8-6-/t20-,22-,24+,27+,33-/m1/s1. The summed E-state index contributed by atoms with van der Waals surface area (Å²) in [5.41, 5.74) is 0.0502. The fourth-order valence-corrected chi connectivity index (χ4v) is 6.55. The third kappa shape index (κ3) is 6.35. The van der Waals surface area contributed by atoms with E-state index in [4.69, 9.17) is 9.26 Å². The number of amides is 2. The van der Waals surface area contributed by atoms with Gasteiger partial charge in [-0.05, 0) is 57.6 Å². The summed E-state index contributed by atoms with van der Waals surface area (Å²) in [4.78, 5) is 64.0. The number of halogens is 1. The number of aliphatic carboxylic acids is 1. The fourth-order valence-electron chi connectivity index (χ4n) is 6.55. The third-order valence-corrected chi connectivity index (χ3v) is 9.20. The van der Waals surface area contributed by atoms with E-state index in [0.29, 0.717) is 41.8 Å². The van der Waals surface area contributed by atoms with E-state index in [-0.39, 0.29) is 42.7 Å². The molecule has 1 aliphatic carbocycles. The average Bonchev–Trinajstić information content (AvgIpc) is 3.30. The largest absolute Gasteiger partial charge is 0.481 e. The lowest BCUT2D eigenvalue weighted by atomic mass is 9.92. The molecule has 2 N–H and O–H groups in total. The Morgan fingerprint density at radius 2 is 1.96 bits per heavy atom. The molecular formula is C33H36FN5O7. The van der Waals surface area contributed by atoms with Gasteiger partial charge in [-0.15, -0.1) is 0 Å². The molecule has 1 saturated heterocycles. The Morgan fingerprint density at radius 1 is 1.13 bits per heavy atom. The number of carboxylic acid groups (broad SMARTS) is 1. The minimum Gasteiger partial charge on any atom is -0.481 e. The van der Waals surface area contributed by atoms with E-state index in [9.17, 15) is 28.7 Å². The number of Topliss-reactive ketones (excluding diaryl/α,β-unsaturated/α-hetero) is 1. The first-order chi connectivity index (χ1) is 22.0. The molecule has 0 radical (unpaired) electrons. The highest BCUT2D eigenvalue weighted by Gasteiger charge is 2.61. The zero-order chi connectivity index (χ0) is 32.6. The second kappa shape index (κ2) is 12.6. The summed E-state index contributed by atoms with van der Waals surface area (Å²) in [6.07, 6.45) is 6.72. The van der Waals surface area contributed by atoms with Crippen molar-refractivity contribution < 1.29 is 37.9 Å². The molecule has 4 heterocycles. The van der Waals surface area contributed by atoms with Crippen LogP contribution in [0.5, 0.6) is 5.88 Å². The van der Waals surface area contributed by atoms with E-state index in [1.807, 2.05) is 12.2 Å². The van der Waals surface area contributed by atoms with Crippen molar-refractivity contribution in [1.29, 1.82) is 0 Å². The third-order valence-electron chi connectivity index (χ3n) is 9.20. The number of ether oxygens (including phenoxy) is 1. The van der Waals surface area contributed by atoms with Crippen LogP contribution in [0.25, 0.3) is 11.0 Å². The molecule has 0 unspecified atom stereocenters. The van der Waals surface area contributed by atoms with E-state index in [1.54, 1.807) is 13.8 Å². The van der Waals surface area contributed by atoms with Crippen LogP contribution in [-0.2, 0) is 14.4 Å². The van der Waals surface area contributed by atoms with Crippen LogP contribution in [0.3, 0.4) is 0 Å². The van der Waals surface area contributed by atoms with Gasteiger partial charge in [0.2, 0.25) is 11.8 Å². The second-order valence-electron chi connectivity index (χ2n) is 12.6. The van der Waals surface area contributed by atoms with Crippen LogP contribution in [0.4, 0.5) is 4.39 Å². The van der Waals surface area contributed by atoms with Crippen molar-refractivity contribution in [2.24, 2.45) is 11.3 Å². The Bertz CT molecular complexity index is 1720. The smallest absolute Gasteiger partial charge is 0.310 e. The summed E-state index contributed by atoms with van der Waals surface area (Å²) in [6, 6.07) is 3.58. The molecule has 3 aromatic rings. The molecule has 46 heavy (non-hydrogen) atoms. The van der Waals surface area contributed by atoms with Crippen molar-refractivity contribution in [3.8, 4) is 5.88 Å². The summed E-state index contributed by atoms with van der Waals surface area (Å²) >= 11 is 0. The Labute approximate surface area is 264 Å². The first-order valence-electron chi connectivity index (χ1n) is 15.6. The number of carbonyl (C=O) groups excluding carboxylic acids is 3. The highest BCUT2D eigenvalue weighted by molar-refractivity contribution is 5.98. The molecule has 13 heteroatoms. The van der Waals surface area contributed by atoms with Crippen molar-refractivity contribution in [2.45, 2.75) is 83.4 Å². The summed E-state index contributed by atoms with van der Waals surface area (Å²) in [5, 5.41) is 16.7. The number of ketones is 1. The maximum absolute atomic E-state index is 14.2. The number of hydrogen-bond donors (Lipinski definition) is 2. The summed E-state index contributed by atoms with van der Waals surface area (Å²) in [5.74, 6) is -2.61. The van der Waals surface area contributed by atoms with Crippen LogP contribution in [-0.4, -0.2) is 73.4 Å². The number of carboxylic acids is 1. The zero-order valence-corrected chi connectivity index (χ0v) is 25.7. The molecule has 3 aliphatic rings. The van der Waals surface area contributed by atoms with Crippen LogP contribution in [0, 0.1) is 31.0 Å². The lowest BCUT2D eigenvalue weighted by molar-refractivity contribution is -0.147. The number of fused-ring (bicyclic) bond motifs is 3. The number of hydrogen-bond acceptors (Lipinski definition) is 9. The number of nitrogens with one attached hydrogen (secondary N) is 1. The first-order valence-corrected chi connectivity index (χ1v) is 15.6. The molecule has 6 rings (SSSR count). The Balaban J connectivity index is 1.30. The number of allylic oxidation sites excluding steroid dienone is 2. The number of aryl methyl sites for hydroxylation is 2. The molecule has 2 fully saturated rings. The Hall–Kier alpha value is -4.68. The molecule has 1 aromatic carbocycles. The first kappa shape index (κ1) is 31.3. The maximum Gasteiger partial charge on any atom is 0.310 e. The van der Waals surface area contributed by atoms with Crippen molar-refractivity contribution in [1.82, 2.24) is 25.3 Å². The van der Waals surface area contributed by atoms with Gasteiger partial charge >= 0.3 is 5.97 Å². The van der Waals surface area contributed by atoms with E-state index in [2.05, 4.69) is 20.4 Å². The number of rotatable bonds is 5. The van der Waals surface area contributed by atoms with Crippen LogP contribution in [0.1, 0.15) is 73.3 Å². The second-order valence-corrected chi connectivity index (χ2v) is 12.6. The predicted octanol–water partition coefficient (Wildman–Crippen LogP) is 4.09. The van der Waals surface area contributed by atoms with Crippen molar-refractivity contribution in [3.63, 3.8) is 0 Å². The van der Waals surface area contributed by atoms with Gasteiger partial charge in [0.25, 0.3) is 5.91 Å². The number of benzene rings is 1. The molecule has 2 aliphatic heterocycles. The van der Waals surface area contributed by atoms with Gasteiger partial charge in [-0.25, -0.2) is 14.4 Å².